The van der Waals surface area contributed by atoms with Gasteiger partial charge in [0.1, 0.15) is 97.7 Å². The van der Waals surface area contributed by atoms with Gasteiger partial charge in [-0.15, -0.1) is 0 Å². The van der Waals surface area contributed by atoms with Crippen LogP contribution < -0.4 is 0 Å². The van der Waals surface area contributed by atoms with Gasteiger partial charge in [0.05, 0.1) is 0 Å². The van der Waals surface area contributed by atoms with E-state index in [0.717, 1.165) is 53.4 Å². The smallest absolute Gasteiger partial charge is 0.252 e. The summed E-state index contributed by atoms with van der Waals surface area (Å²) < 4.78 is 8.91. The number of carbonyl (C=O) groups is 12. The molecule has 6 aliphatic carbocycles. The van der Waals surface area contributed by atoms with Gasteiger partial charge in [0.25, 0.3) is 34.7 Å². The van der Waals surface area contributed by atoms with E-state index in [-0.39, 0.29) is 52.7 Å². The zero-order valence-electron chi connectivity index (χ0n) is 60.6. The normalized spacial score (nSPS) is 15.0. The molecule has 548 valence electrons. The second-order valence-corrected chi connectivity index (χ2v) is 27.9. The SMILES string of the molecule is CC(C)c1nc2c([nH]1)C(=O)C(=O)c1ccccc1-2.CC(O)c1nc2c(n1C(C)C)C(=O)C(=O)c1ccccc1-2.CCc1nc2c(n1C(C)C)C(=O)C(=O)c1ccccc1-2.O=C1C(=O)c2[nH]c(-c3nc4c([nH]3)C(=O)C(=O)c3ccccc3-4)nc2-c2ccccc21.O=C1C(=O)c2[nH]c(C3CCOCC3)nc2-c2ccccc21. The van der Waals surface area contributed by atoms with Crippen LogP contribution in [-0.4, -0.2) is 147 Å². The van der Waals surface area contributed by atoms with Crippen LogP contribution in [0.2, 0.25) is 0 Å². The van der Waals surface area contributed by atoms with Gasteiger partial charge in [-0.05, 0) is 47.5 Å². The topological polar surface area (TPSA) is 385 Å². The Morgan fingerprint density at radius 3 is 1.03 bits per heavy atom. The minimum absolute atomic E-state index is 0.0749. The highest BCUT2D eigenvalue weighted by molar-refractivity contribution is 6.55. The lowest BCUT2D eigenvalue weighted by molar-refractivity contribution is 0.0808. The third-order valence-corrected chi connectivity index (χ3v) is 20.0. The first kappa shape index (κ1) is 72.1. The first-order valence-corrected chi connectivity index (χ1v) is 35.9. The van der Waals surface area contributed by atoms with Crippen LogP contribution in [-0.2, 0) is 11.2 Å². The minimum atomic E-state index is -0.812. The number of aliphatic hydroxyl groups is 1. The lowest BCUT2D eigenvalue weighted by atomic mass is 9.90. The van der Waals surface area contributed by atoms with Crippen LogP contribution in [0.4, 0.5) is 0 Å². The summed E-state index contributed by atoms with van der Waals surface area (Å²) in [6, 6.07) is 41.9. The van der Waals surface area contributed by atoms with Gasteiger partial charge in [0, 0.05) is 110 Å². The predicted octanol–water partition coefficient (Wildman–Crippen LogP) is 13.5. The molecule has 7 heterocycles. The number of ether oxygens (including phenoxy) is 1. The van der Waals surface area contributed by atoms with Crippen molar-refractivity contribution in [2.24, 2.45) is 0 Å². The molecule has 110 heavy (non-hydrogen) atoms. The number of aliphatic hydroxyl groups excluding tert-OH is 1. The molecule has 6 aromatic carbocycles. The molecule has 0 amide bonds. The van der Waals surface area contributed by atoms with E-state index in [1.807, 2.05) is 95.5 Å². The number of aromatic nitrogens is 12. The van der Waals surface area contributed by atoms with E-state index in [1.54, 1.807) is 115 Å². The molecule has 7 aliphatic rings. The average molecular weight is 1470 g/mol. The molecule has 26 heteroatoms. The fourth-order valence-electron chi connectivity index (χ4n) is 14.7. The first-order chi connectivity index (χ1) is 52.9. The lowest BCUT2D eigenvalue weighted by Crippen LogP contribution is -2.25. The Bertz CT molecular complexity index is 5900. The van der Waals surface area contributed by atoms with Crippen LogP contribution in [0.3, 0.4) is 0 Å². The quantitative estimate of drug-likeness (QED) is 0.0925. The van der Waals surface area contributed by atoms with Crippen LogP contribution in [0.1, 0.15) is 247 Å². The van der Waals surface area contributed by atoms with Gasteiger partial charge in [0.15, 0.2) is 11.6 Å². The molecule has 1 unspecified atom stereocenters. The van der Waals surface area contributed by atoms with Crippen molar-refractivity contribution in [1.82, 2.24) is 59.0 Å². The summed E-state index contributed by atoms with van der Waals surface area (Å²) in [5.41, 5.74) is 10.9. The van der Waals surface area contributed by atoms with E-state index in [2.05, 4.69) is 49.8 Å². The molecule has 19 rings (SSSR count). The fraction of sp³-hybridized carbons (Fsp3) is 0.214. The van der Waals surface area contributed by atoms with Crippen LogP contribution in [0.5, 0.6) is 0 Å². The number of hydrogen-bond acceptors (Lipinski definition) is 20. The summed E-state index contributed by atoms with van der Waals surface area (Å²) in [4.78, 5) is 186. The molecule has 1 aliphatic heterocycles. The van der Waals surface area contributed by atoms with Gasteiger partial charge < -0.3 is 38.9 Å². The molecular formula is C84H68N12O14. The van der Waals surface area contributed by atoms with Crippen LogP contribution in [0.15, 0.2) is 146 Å². The largest absolute Gasteiger partial charge is 0.385 e. The molecule has 0 radical (unpaired) electrons. The van der Waals surface area contributed by atoms with Crippen molar-refractivity contribution in [3.63, 3.8) is 0 Å². The van der Waals surface area contributed by atoms with E-state index in [0.29, 0.717) is 120 Å². The van der Waals surface area contributed by atoms with Crippen LogP contribution in [0.25, 0.3) is 79.2 Å². The zero-order valence-corrected chi connectivity index (χ0v) is 60.6. The van der Waals surface area contributed by atoms with E-state index in [1.165, 1.54) is 0 Å². The number of nitrogens with zero attached hydrogens (tertiary/aromatic N) is 8. The summed E-state index contributed by atoms with van der Waals surface area (Å²) >= 11 is 0. The average Bonchev–Trinajstić information content (AvgIpc) is 1.59. The first-order valence-electron chi connectivity index (χ1n) is 35.9. The summed E-state index contributed by atoms with van der Waals surface area (Å²) in [5.74, 6) is -2.81. The molecule has 0 saturated carbocycles. The highest BCUT2D eigenvalue weighted by Gasteiger charge is 2.42. The van der Waals surface area contributed by atoms with Crippen molar-refractivity contribution in [2.75, 3.05) is 13.2 Å². The summed E-state index contributed by atoms with van der Waals surface area (Å²) in [5, 5.41) is 9.92. The van der Waals surface area contributed by atoms with Crippen LogP contribution in [0, 0.1) is 0 Å². The number of ketones is 12. The van der Waals surface area contributed by atoms with Gasteiger partial charge in [-0.3, -0.25) is 57.5 Å². The zero-order chi connectivity index (χ0) is 77.6. The Labute approximate surface area is 626 Å². The Balaban J connectivity index is 0.000000111. The molecule has 26 nitrogen and oxygen atoms in total. The van der Waals surface area contributed by atoms with Crippen molar-refractivity contribution in [2.45, 2.75) is 105 Å². The van der Waals surface area contributed by atoms with Crippen molar-refractivity contribution in [1.29, 1.82) is 0 Å². The highest BCUT2D eigenvalue weighted by Crippen LogP contribution is 2.42. The molecule has 0 spiro atoms. The number of hydrogen-bond donors (Lipinski definition) is 5. The standard InChI is InChI=1S/C22H10N4O4.C16H14N2O3.C16H16N2O3.C16H16N2O2.C14H12N2O2/c27-17-11-7-3-1-5-9(11)13-15(19(17)29)25-21(23-13)22-24-14-10-6-2-4-8-12(10)18(28)20(30)16(14)26-22;19-14-11-4-2-1-3-10(11)12-13(15(14)20)18-16(17-12)9-5-7-21-8-6-9;1-8(2)18-13-12(17-16(18)9(3)19)10-6-4-5-7-11(10)14(20)15(13)21;1-4-12-17-13-10-7-5-6-8-11(10)15(19)16(20)14(13)18(12)9(2)3;1-7(2)14-15-10-8-5-3-4-6-9(8)12(17)13(18)11(10)16-14/h1-8H,(H,23,25)(H,24,26);1-4,9H,5-8H2,(H,17,18);4-9,19H,1-3H3;5-9H,4H2,1-3H3;3-7H,1-2H3,(H,15,16). The third-order valence-electron chi connectivity index (χ3n) is 20.0. The molecule has 0 bridgehead atoms. The highest BCUT2D eigenvalue weighted by atomic mass is 16.5. The minimum Gasteiger partial charge on any atom is -0.385 e. The number of nitrogens with one attached hydrogen (secondary N) is 4. The Kier molecular flexibility index (Phi) is 18.6. The molecule has 12 aromatic rings. The van der Waals surface area contributed by atoms with Crippen LogP contribution >= 0.6 is 0 Å². The number of fused-ring (bicyclic) bond motifs is 18. The Hall–Kier alpha value is -13.5. The summed E-state index contributed by atoms with van der Waals surface area (Å²) in [6.45, 7) is 16.8. The van der Waals surface area contributed by atoms with Gasteiger partial charge in [-0.2, -0.15) is 0 Å². The van der Waals surface area contributed by atoms with Crippen molar-refractivity contribution >= 4 is 69.4 Å². The predicted molar refractivity (Wildman–Crippen MR) is 400 cm³/mol. The molecule has 5 N–H and O–H groups in total. The number of carbonyl (C=O) groups excluding carboxylic acids is 12. The monoisotopic (exact) mass is 1470 g/mol. The maximum Gasteiger partial charge on any atom is 0.252 e. The summed E-state index contributed by atoms with van der Waals surface area (Å²) in [6.07, 6.45) is 1.69. The van der Waals surface area contributed by atoms with E-state index in [9.17, 15) is 62.6 Å². The Morgan fingerprint density at radius 1 is 0.364 bits per heavy atom. The summed E-state index contributed by atoms with van der Waals surface area (Å²) in [7, 11) is 0. The number of H-pyrrole nitrogens is 4. The van der Waals surface area contributed by atoms with Gasteiger partial charge in [-0.1, -0.05) is 166 Å². The van der Waals surface area contributed by atoms with Gasteiger partial charge in [0.2, 0.25) is 34.7 Å². The number of Topliss-reactive ketones (excluding diaryl/α,β-unsaturated/α-hetero) is 12. The van der Waals surface area contributed by atoms with Gasteiger partial charge in [-0.25, -0.2) is 29.9 Å². The second-order valence-electron chi connectivity index (χ2n) is 27.9. The molecule has 1 saturated heterocycles. The number of aromatic amines is 4. The van der Waals surface area contributed by atoms with E-state index >= 15 is 0 Å². The van der Waals surface area contributed by atoms with Crippen molar-refractivity contribution in [3.05, 3.63) is 236 Å². The Morgan fingerprint density at radius 2 is 0.673 bits per heavy atom. The second kappa shape index (κ2) is 28.4. The number of rotatable bonds is 7. The maximum absolute atomic E-state index is 12.5. The van der Waals surface area contributed by atoms with Crippen molar-refractivity contribution in [3.8, 4) is 79.2 Å². The molecule has 1 atom stereocenters. The third kappa shape index (κ3) is 12.0. The number of aryl methyl sites for hydroxylation is 1. The molecule has 1 fully saturated rings. The van der Waals surface area contributed by atoms with E-state index < -0.39 is 75.5 Å². The molecule has 6 aromatic heterocycles. The lowest BCUT2D eigenvalue weighted by Gasteiger charge is -2.19. The van der Waals surface area contributed by atoms with E-state index in [4.69, 9.17) is 4.74 Å². The fourth-order valence-corrected chi connectivity index (χ4v) is 14.7. The van der Waals surface area contributed by atoms with Crippen molar-refractivity contribution < 1.29 is 67.4 Å². The maximum atomic E-state index is 12.5. The number of benzene rings is 6. The van der Waals surface area contributed by atoms with Gasteiger partial charge >= 0.3 is 0 Å². The number of imidazole rings is 6. The molecular weight excluding hydrogens is 1400 g/mol.